The fraction of sp³-hybridized carbons (Fsp3) is 0.824. The monoisotopic (exact) mass is 348 g/mol. The molecule has 2 rings (SSSR count). The van der Waals surface area contributed by atoms with E-state index >= 15 is 0 Å². The highest BCUT2D eigenvalue weighted by Crippen LogP contribution is 2.46. The summed E-state index contributed by atoms with van der Waals surface area (Å²) in [5, 5.41) is 9.59. The Balaban J connectivity index is 1.89. The van der Waals surface area contributed by atoms with Crippen molar-refractivity contribution < 1.29 is 23.1 Å². The lowest BCUT2D eigenvalue weighted by Crippen LogP contribution is -2.37. The van der Waals surface area contributed by atoms with Gasteiger partial charge in [0.2, 0.25) is 5.91 Å². The molecule has 0 aromatic heterocycles. The molecule has 1 atom stereocenters. The van der Waals surface area contributed by atoms with Crippen LogP contribution >= 0.6 is 0 Å². The molecule has 7 heteroatoms. The number of hydrogen-bond acceptors (Lipinski definition) is 3. The van der Waals surface area contributed by atoms with Crippen LogP contribution in [0.1, 0.15) is 38.5 Å². The molecule has 1 N–H and O–H groups in total. The SMILES string of the molecule is CN(C/C=C/C(=O)N1CC2(CCCCC2)CC1CO)CC(F)(F)F. The molecule has 2 aliphatic rings. The minimum absolute atomic E-state index is 0.0602. The van der Waals surface area contributed by atoms with Gasteiger partial charge in [-0.15, -0.1) is 0 Å². The fourth-order valence-corrected chi connectivity index (χ4v) is 4.05. The maximum atomic E-state index is 12.4. The van der Waals surface area contributed by atoms with Crippen molar-refractivity contribution in [1.82, 2.24) is 9.80 Å². The topological polar surface area (TPSA) is 43.8 Å². The van der Waals surface area contributed by atoms with Crippen molar-refractivity contribution in [2.45, 2.75) is 50.7 Å². The van der Waals surface area contributed by atoms with Gasteiger partial charge in [0.05, 0.1) is 19.2 Å². The molecule has 0 bridgehead atoms. The lowest BCUT2D eigenvalue weighted by Gasteiger charge is -2.32. The molecule has 1 aliphatic heterocycles. The van der Waals surface area contributed by atoms with Gasteiger partial charge in [-0.3, -0.25) is 9.69 Å². The smallest absolute Gasteiger partial charge is 0.394 e. The first-order valence-electron chi connectivity index (χ1n) is 8.58. The molecule has 1 saturated heterocycles. The molecule has 1 unspecified atom stereocenters. The summed E-state index contributed by atoms with van der Waals surface area (Å²) in [5.74, 6) is -0.211. The minimum atomic E-state index is -4.24. The highest BCUT2D eigenvalue weighted by atomic mass is 19.4. The van der Waals surface area contributed by atoms with Crippen LogP contribution in [0, 0.1) is 5.41 Å². The van der Waals surface area contributed by atoms with Crippen molar-refractivity contribution >= 4 is 5.91 Å². The number of likely N-dealkylation sites (tertiary alicyclic amines) is 1. The maximum absolute atomic E-state index is 12.4. The van der Waals surface area contributed by atoms with E-state index in [1.165, 1.54) is 25.6 Å². The van der Waals surface area contributed by atoms with E-state index in [1.807, 2.05) is 0 Å². The molecule has 4 nitrogen and oxygen atoms in total. The molecule has 138 valence electrons. The van der Waals surface area contributed by atoms with Gasteiger partial charge in [0, 0.05) is 19.2 Å². The molecule has 2 fully saturated rings. The molecule has 0 aromatic rings. The Morgan fingerprint density at radius 3 is 2.58 bits per heavy atom. The van der Waals surface area contributed by atoms with Gasteiger partial charge in [0.15, 0.2) is 0 Å². The van der Waals surface area contributed by atoms with Crippen molar-refractivity contribution in [3.05, 3.63) is 12.2 Å². The van der Waals surface area contributed by atoms with Crippen molar-refractivity contribution in [3.8, 4) is 0 Å². The molecule has 24 heavy (non-hydrogen) atoms. The van der Waals surface area contributed by atoms with E-state index in [0.717, 1.165) is 37.0 Å². The van der Waals surface area contributed by atoms with E-state index in [4.69, 9.17) is 0 Å². The quantitative estimate of drug-likeness (QED) is 0.777. The van der Waals surface area contributed by atoms with E-state index in [-0.39, 0.29) is 30.5 Å². The normalized spacial score (nSPS) is 24.4. The number of carbonyl (C=O) groups is 1. The van der Waals surface area contributed by atoms with Crippen LogP contribution in [0.15, 0.2) is 12.2 Å². The Hall–Kier alpha value is -1.08. The second kappa shape index (κ2) is 7.87. The third kappa shape index (κ3) is 5.21. The van der Waals surface area contributed by atoms with Gasteiger partial charge in [-0.05, 0) is 31.7 Å². The number of carbonyl (C=O) groups excluding carboxylic acids is 1. The van der Waals surface area contributed by atoms with Crippen LogP contribution in [-0.4, -0.2) is 66.3 Å². The Bertz CT molecular complexity index is 459. The van der Waals surface area contributed by atoms with E-state index < -0.39 is 12.7 Å². The van der Waals surface area contributed by atoms with Crippen LogP contribution in [0.2, 0.25) is 0 Å². The van der Waals surface area contributed by atoms with Crippen LogP contribution in [0.5, 0.6) is 0 Å². The standard InChI is InChI=1S/C17H27F3N2O2/c1-21(13-17(18,19)20)9-5-6-15(24)22-12-16(10-14(22)11-23)7-3-2-4-8-16/h5-6,14,23H,2-4,7-13H2,1H3/b6-5+. The fourth-order valence-electron chi connectivity index (χ4n) is 4.05. The van der Waals surface area contributed by atoms with Crippen molar-refractivity contribution in [1.29, 1.82) is 0 Å². The van der Waals surface area contributed by atoms with Crippen molar-refractivity contribution in [2.24, 2.45) is 5.41 Å². The summed E-state index contributed by atoms with van der Waals surface area (Å²) < 4.78 is 36.8. The van der Waals surface area contributed by atoms with Gasteiger partial charge in [-0.25, -0.2) is 0 Å². The summed E-state index contributed by atoms with van der Waals surface area (Å²) >= 11 is 0. The Kier molecular flexibility index (Phi) is 6.31. The van der Waals surface area contributed by atoms with Crippen LogP contribution in [-0.2, 0) is 4.79 Å². The average molecular weight is 348 g/mol. The number of halogens is 3. The number of alkyl halides is 3. The van der Waals surface area contributed by atoms with Gasteiger partial charge in [0.1, 0.15) is 0 Å². The number of amides is 1. The number of rotatable bonds is 5. The molecule has 1 saturated carbocycles. The Labute approximate surface area is 141 Å². The van der Waals surface area contributed by atoms with Crippen molar-refractivity contribution in [3.63, 3.8) is 0 Å². The zero-order valence-electron chi connectivity index (χ0n) is 14.2. The van der Waals surface area contributed by atoms with Gasteiger partial charge in [-0.2, -0.15) is 13.2 Å². The predicted molar refractivity (Wildman–Crippen MR) is 85.4 cm³/mol. The molecule has 1 amide bonds. The van der Waals surface area contributed by atoms with E-state index in [0.29, 0.717) is 6.54 Å². The zero-order valence-corrected chi connectivity index (χ0v) is 14.2. The molecular weight excluding hydrogens is 321 g/mol. The molecule has 0 radical (unpaired) electrons. The first-order valence-corrected chi connectivity index (χ1v) is 8.58. The summed E-state index contributed by atoms with van der Waals surface area (Å²) in [6, 6.07) is -0.173. The average Bonchev–Trinajstić information content (AvgIpc) is 2.84. The third-order valence-corrected chi connectivity index (χ3v) is 5.15. The minimum Gasteiger partial charge on any atom is -0.394 e. The van der Waals surface area contributed by atoms with Gasteiger partial charge >= 0.3 is 6.18 Å². The number of nitrogens with zero attached hydrogens (tertiary/aromatic N) is 2. The molecular formula is C17H27F3N2O2. The summed E-state index contributed by atoms with van der Waals surface area (Å²) in [7, 11) is 1.37. The van der Waals surface area contributed by atoms with Gasteiger partial charge in [-0.1, -0.05) is 25.3 Å². The van der Waals surface area contributed by atoms with Crippen LogP contribution < -0.4 is 0 Å². The van der Waals surface area contributed by atoms with E-state index in [9.17, 15) is 23.1 Å². The lowest BCUT2D eigenvalue weighted by atomic mass is 9.73. The van der Waals surface area contributed by atoms with Crippen LogP contribution in [0.3, 0.4) is 0 Å². The molecule has 1 heterocycles. The highest BCUT2D eigenvalue weighted by Gasteiger charge is 2.45. The zero-order chi connectivity index (χ0) is 17.8. The maximum Gasteiger partial charge on any atom is 0.401 e. The largest absolute Gasteiger partial charge is 0.401 e. The third-order valence-electron chi connectivity index (χ3n) is 5.15. The first kappa shape index (κ1) is 19.2. The lowest BCUT2D eigenvalue weighted by molar-refractivity contribution is -0.141. The van der Waals surface area contributed by atoms with Crippen LogP contribution in [0.4, 0.5) is 13.2 Å². The second-order valence-electron chi connectivity index (χ2n) is 7.28. The molecule has 1 aliphatic carbocycles. The van der Waals surface area contributed by atoms with Gasteiger partial charge in [0.25, 0.3) is 0 Å². The summed E-state index contributed by atoms with van der Waals surface area (Å²) in [6.07, 6.45) is 5.14. The van der Waals surface area contributed by atoms with Crippen molar-refractivity contribution in [2.75, 3.05) is 33.3 Å². The summed E-state index contributed by atoms with van der Waals surface area (Å²) in [6.45, 7) is -0.346. The van der Waals surface area contributed by atoms with Crippen LogP contribution in [0.25, 0.3) is 0 Å². The van der Waals surface area contributed by atoms with E-state index in [2.05, 4.69) is 0 Å². The van der Waals surface area contributed by atoms with Gasteiger partial charge < -0.3 is 10.0 Å². The number of likely N-dealkylation sites (N-methyl/N-ethyl adjacent to an activating group) is 1. The highest BCUT2D eigenvalue weighted by molar-refractivity contribution is 5.88. The molecule has 0 aromatic carbocycles. The second-order valence-corrected chi connectivity index (χ2v) is 7.28. The predicted octanol–water partition coefficient (Wildman–Crippen LogP) is 2.58. The summed E-state index contributed by atoms with van der Waals surface area (Å²) in [5.41, 5.74) is 0.127. The Morgan fingerprint density at radius 1 is 1.33 bits per heavy atom. The number of hydrogen-bond donors (Lipinski definition) is 1. The molecule has 1 spiro atoms. The number of aliphatic hydroxyl groups is 1. The Morgan fingerprint density at radius 2 is 2.00 bits per heavy atom. The first-order chi connectivity index (χ1) is 11.2. The van der Waals surface area contributed by atoms with E-state index in [1.54, 1.807) is 4.90 Å². The number of aliphatic hydroxyl groups excluding tert-OH is 1. The summed E-state index contributed by atoms with van der Waals surface area (Å²) in [4.78, 5) is 15.2.